The van der Waals surface area contributed by atoms with Crippen LogP contribution in [0.1, 0.15) is 13.8 Å². The molecule has 0 aromatic rings. The van der Waals surface area contributed by atoms with Crippen LogP contribution in [0.2, 0.25) is 0 Å². The fraction of sp³-hybridized carbons (Fsp3) is 0.250. The van der Waals surface area contributed by atoms with Gasteiger partial charge in [0.15, 0.2) is 0 Å². The minimum atomic E-state index is -0.765. The van der Waals surface area contributed by atoms with E-state index in [1.54, 1.807) is 19.9 Å². The van der Waals surface area contributed by atoms with Gasteiger partial charge >= 0.3 is 0 Å². The first-order chi connectivity index (χ1) is 4.57. The molecule has 0 fully saturated rings. The second kappa shape index (κ2) is 3.99. The summed E-state index contributed by atoms with van der Waals surface area (Å²) in [5, 5.41) is 0. The van der Waals surface area contributed by atoms with E-state index in [9.17, 15) is 8.78 Å². The zero-order chi connectivity index (χ0) is 8.15. The zero-order valence-corrected chi connectivity index (χ0v) is 6.12. The van der Waals surface area contributed by atoms with Crippen LogP contribution in [-0.2, 0) is 0 Å². The summed E-state index contributed by atoms with van der Waals surface area (Å²) in [6.07, 6.45) is 2.32. The third-order valence-corrected chi connectivity index (χ3v) is 1.09. The van der Waals surface area contributed by atoms with E-state index in [0.717, 1.165) is 6.08 Å². The summed E-state index contributed by atoms with van der Waals surface area (Å²) in [4.78, 5) is 0. The van der Waals surface area contributed by atoms with Crippen molar-refractivity contribution in [3.05, 3.63) is 36.0 Å². The van der Waals surface area contributed by atoms with Crippen molar-refractivity contribution in [2.24, 2.45) is 0 Å². The van der Waals surface area contributed by atoms with Crippen molar-refractivity contribution >= 4 is 0 Å². The van der Waals surface area contributed by atoms with Gasteiger partial charge in [0.05, 0.1) is 0 Å². The highest BCUT2D eigenvalue weighted by Crippen LogP contribution is 2.12. The third-order valence-electron chi connectivity index (χ3n) is 1.09. The van der Waals surface area contributed by atoms with Crippen molar-refractivity contribution in [1.82, 2.24) is 0 Å². The summed E-state index contributed by atoms with van der Waals surface area (Å²) in [5.74, 6) is -1.34. The molecule has 0 aliphatic heterocycles. The lowest BCUT2D eigenvalue weighted by atomic mass is 10.2. The van der Waals surface area contributed by atoms with E-state index in [4.69, 9.17) is 0 Å². The molecule has 0 aliphatic rings. The van der Waals surface area contributed by atoms with Gasteiger partial charge in [-0.25, -0.2) is 8.78 Å². The molecule has 0 spiro atoms. The van der Waals surface area contributed by atoms with Gasteiger partial charge in [-0.15, -0.1) is 0 Å². The second-order valence-corrected chi connectivity index (χ2v) is 1.91. The summed E-state index contributed by atoms with van der Waals surface area (Å²) in [6.45, 7) is 6.15. The number of rotatable bonds is 2. The Morgan fingerprint density at radius 2 is 1.90 bits per heavy atom. The molecule has 0 nitrogen and oxygen atoms in total. The van der Waals surface area contributed by atoms with Crippen LogP contribution in [0.3, 0.4) is 0 Å². The minimum absolute atomic E-state index is 0.416. The van der Waals surface area contributed by atoms with Gasteiger partial charge in [-0.2, -0.15) is 0 Å². The lowest BCUT2D eigenvalue weighted by Crippen LogP contribution is -1.75. The third kappa shape index (κ3) is 3.17. The van der Waals surface area contributed by atoms with Gasteiger partial charge < -0.3 is 0 Å². The van der Waals surface area contributed by atoms with Crippen LogP contribution in [0.15, 0.2) is 36.0 Å². The molecule has 0 aromatic heterocycles. The number of allylic oxidation sites excluding steroid dienone is 5. The molecule has 0 saturated carbocycles. The molecule has 0 bridgehead atoms. The van der Waals surface area contributed by atoms with Crippen LogP contribution in [0.25, 0.3) is 0 Å². The maximum atomic E-state index is 12.5. The van der Waals surface area contributed by atoms with Crippen LogP contribution < -0.4 is 0 Å². The normalized spacial score (nSPS) is 13.6. The smallest absolute Gasteiger partial charge is 0.128 e. The zero-order valence-electron chi connectivity index (χ0n) is 6.12. The van der Waals surface area contributed by atoms with Gasteiger partial charge in [0.25, 0.3) is 0 Å². The van der Waals surface area contributed by atoms with Gasteiger partial charge in [-0.05, 0) is 19.4 Å². The lowest BCUT2D eigenvalue weighted by molar-refractivity contribution is 0.623. The highest BCUT2D eigenvalue weighted by atomic mass is 19.1. The standard InChI is InChI=1S/C8H10F2/c1-4-6(2)8(10)5-7(3)9/h4-5H,3H2,1-2H3/b6-4-,8-5+. The van der Waals surface area contributed by atoms with E-state index in [1.165, 1.54) is 0 Å². The summed E-state index contributed by atoms with van der Waals surface area (Å²) in [7, 11) is 0. The average molecular weight is 144 g/mol. The maximum Gasteiger partial charge on any atom is 0.128 e. The van der Waals surface area contributed by atoms with Crippen molar-refractivity contribution in [3.63, 3.8) is 0 Å². The average Bonchev–Trinajstić information content (AvgIpc) is 1.85. The number of hydrogen-bond donors (Lipinski definition) is 0. The first-order valence-electron chi connectivity index (χ1n) is 2.92. The van der Waals surface area contributed by atoms with E-state index < -0.39 is 11.7 Å². The van der Waals surface area contributed by atoms with Gasteiger partial charge in [0.2, 0.25) is 0 Å². The van der Waals surface area contributed by atoms with Crippen LogP contribution in [0.4, 0.5) is 8.78 Å². The van der Waals surface area contributed by atoms with Crippen LogP contribution >= 0.6 is 0 Å². The summed E-state index contributed by atoms with van der Waals surface area (Å²) < 4.78 is 24.5. The molecule has 10 heavy (non-hydrogen) atoms. The van der Waals surface area contributed by atoms with E-state index in [-0.39, 0.29) is 0 Å². The highest BCUT2D eigenvalue weighted by Gasteiger charge is 1.95. The van der Waals surface area contributed by atoms with Gasteiger partial charge in [-0.1, -0.05) is 12.7 Å². The Morgan fingerprint density at radius 3 is 2.20 bits per heavy atom. The first-order valence-corrected chi connectivity index (χ1v) is 2.92. The number of hydrogen-bond acceptors (Lipinski definition) is 0. The molecular formula is C8H10F2. The second-order valence-electron chi connectivity index (χ2n) is 1.91. The molecule has 0 saturated heterocycles. The fourth-order valence-corrected chi connectivity index (χ4v) is 0.389. The number of halogens is 2. The van der Waals surface area contributed by atoms with Crippen LogP contribution in [0, 0.1) is 0 Å². The molecule has 0 atom stereocenters. The van der Waals surface area contributed by atoms with Gasteiger partial charge in [0.1, 0.15) is 11.7 Å². The molecule has 0 heterocycles. The Balaban J connectivity index is 4.35. The molecule has 0 aromatic carbocycles. The van der Waals surface area contributed by atoms with Crippen LogP contribution in [0.5, 0.6) is 0 Å². The van der Waals surface area contributed by atoms with Gasteiger partial charge in [-0.3, -0.25) is 0 Å². The molecule has 0 amide bonds. The molecule has 0 unspecified atom stereocenters. The quantitative estimate of drug-likeness (QED) is 0.521. The van der Waals surface area contributed by atoms with Crippen molar-refractivity contribution in [2.45, 2.75) is 13.8 Å². The first kappa shape index (κ1) is 9.08. The highest BCUT2D eigenvalue weighted by molar-refractivity contribution is 5.27. The lowest BCUT2D eigenvalue weighted by Gasteiger charge is -1.92. The molecule has 0 aliphatic carbocycles. The van der Waals surface area contributed by atoms with E-state index in [1.807, 2.05) is 0 Å². The van der Waals surface area contributed by atoms with Crippen molar-refractivity contribution in [2.75, 3.05) is 0 Å². The maximum absolute atomic E-state index is 12.5. The Hall–Kier alpha value is -0.920. The van der Waals surface area contributed by atoms with Crippen molar-refractivity contribution in [3.8, 4) is 0 Å². The summed E-state index contributed by atoms with van der Waals surface area (Å²) in [5.41, 5.74) is 0.416. The minimum Gasteiger partial charge on any atom is -0.208 e. The van der Waals surface area contributed by atoms with Crippen LogP contribution in [-0.4, -0.2) is 0 Å². The SMILES string of the molecule is C=C(F)/C=C(F)\C(C)=C/C. The van der Waals surface area contributed by atoms with E-state index in [0.29, 0.717) is 5.57 Å². The fourth-order valence-electron chi connectivity index (χ4n) is 0.389. The molecule has 2 heteroatoms. The largest absolute Gasteiger partial charge is 0.208 e. The summed E-state index contributed by atoms with van der Waals surface area (Å²) >= 11 is 0. The Labute approximate surface area is 59.6 Å². The Bertz CT molecular complexity index is 187. The van der Waals surface area contributed by atoms with E-state index >= 15 is 0 Å². The van der Waals surface area contributed by atoms with Crippen molar-refractivity contribution < 1.29 is 8.78 Å². The van der Waals surface area contributed by atoms with Gasteiger partial charge in [0, 0.05) is 6.08 Å². The van der Waals surface area contributed by atoms with E-state index in [2.05, 4.69) is 6.58 Å². The predicted molar refractivity (Wildman–Crippen MR) is 38.9 cm³/mol. The summed E-state index contributed by atoms with van der Waals surface area (Å²) in [6, 6.07) is 0. The monoisotopic (exact) mass is 144 g/mol. The topological polar surface area (TPSA) is 0 Å². The molecule has 0 N–H and O–H groups in total. The van der Waals surface area contributed by atoms with Crippen molar-refractivity contribution in [1.29, 1.82) is 0 Å². The molecular weight excluding hydrogens is 134 g/mol. The predicted octanol–water partition coefficient (Wildman–Crippen LogP) is 3.29. The molecule has 56 valence electrons. The Kier molecular flexibility index (Phi) is 3.62. The Morgan fingerprint density at radius 1 is 1.40 bits per heavy atom. The molecule has 0 rings (SSSR count). The molecule has 0 radical (unpaired) electrons.